The van der Waals surface area contributed by atoms with Crippen molar-refractivity contribution in [3.05, 3.63) is 42.2 Å². The van der Waals surface area contributed by atoms with E-state index in [9.17, 15) is 9.59 Å². The zero-order chi connectivity index (χ0) is 31.6. The fourth-order valence-electron chi connectivity index (χ4n) is 6.25. The summed E-state index contributed by atoms with van der Waals surface area (Å²) < 4.78 is 10.9. The van der Waals surface area contributed by atoms with E-state index in [1.807, 2.05) is 25.1 Å². The molecule has 2 aliphatic rings. The molecule has 1 saturated heterocycles. The van der Waals surface area contributed by atoms with Gasteiger partial charge in [0.05, 0.1) is 26.2 Å². The van der Waals surface area contributed by atoms with E-state index in [0.717, 1.165) is 57.4 Å². The first-order valence-corrected chi connectivity index (χ1v) is 16.1. The quantitative estimate of drug-likeness (QED) is 0.309. The van der Waals surface area contributed by atoms with Crippen LogP contribution in [-0.2, 0) is 25.5 Å². The summed E-state index contributed by atoms with van der Waals surface area (Å²) >= 11 is 0. The van der Waals surface area contributed by atoms with Crippen LogP contribution in [0.25, 0.3) is 0 Å². The normalized spacial score (nSPS) is 22.1. The lowest BCUT2D eigenvalue weighted by Crippen LogP contribution is -2.47. The zero-order valence-corrected chi connectivity index (χ0v) is 27.6. The number of aromatic nitrogens is 2. The average molecular weight is 609 g/mol. The summed E-state index contributed by atoms with van der Waals surface area (Å²) in [7, 11) is 9.60. The van der Waals surface area contributed by atoms with Gasteiger partial charge in [0.1, 0.15) is 0 Å². The molecule has 1 aliphatic heterocycles. The molecule has 0 radical (unpaired) electrons. The summed E-state index contributed by atoms with van der Waals surface area (Å²) in [6.07, 6.45) is 6.97. The molecule has 0 N–H and O–H groups in total. The van der Waals surface area contributed by atoms with Crippen LogP contribution in [-0.4, -0.2) is 101 Å². The van der Waals surface area contributed by atoms with Crippen LogP contribution in [0.3, 0.4) is 0 Å². The van der Waals surface area contributed by atoms with Gasteiger partial charge in [-0.15, -0.1) is 0 Å². The first-order chi connectivity index (χ1) is 21.1. The van der Waals surface area contributed by atoms with Gasteiger partial charge in [-0.25, -0.2) is 9.97 Å². The van der Waals surface area contributed by atoms with E-state index in [0.29, 0.717) is 37.4 Å². The Morgan fingerprint density at radius 1 is 1.00 bits per heavy atom. The van der Waals surface area contributed by atoms with Crippen molar-refractivity contribution in [3.8, 4) is 0 Å². The molecule has 2 unspecified atom stereocenters. The van der Waals surface area contributed by atoms with Gasteiger partial charge in [0.25, 0.3) is 0 Å². The Labute approximate surface area is 263 Å². The van der Waals surface area contributed by atoms with Crippen molar-refractivity contribution in [1.29, 1.82) is 0 Å². The number of hydrogen-bond donors (Lipinski definition) is 0. The van der Waals surface area contributed by atoms with Crippen LogP contribution in [0, 0.1) is 17.8 Å². The van der Waals surface area contributed by atoms with Crippen LogP contribution in [0.5, 0.6) is 0 Å². The summed E-state index contributed by atoms with van der Waals surface area (Å²) in [4.78, 5) is 43.9. The maximum Gasteiger partial charge on any atom is 0.305 e. The zero-order valence-electron chi connectivity index (χ0n) is 27.6. The monoisotopic (exact) mass is 608 g/mol. The largest absolute Gasteiger partial charge is 0.469 e. The Morgan fingerprint density at radius 2 is 1.73 bits per heavy atom. The van der Waals surface area contributed by atoms with Crippen molar-refractivity contribution in [2.75, 3.05) is 82.8 Å². The second-order valence-electron chi connectivity index (χ2n) is 12.9. The maximum atomic E-state index is 14.2. The van der Waals surface area contributed by atoms with Gasteiger partial charge < -0.3 is 24.2 Å². The predicted octanol–water partition coefficient (Wildman–Crippen LogP) is 4.28. The molecule has 242 valence electrons. The number of methoxy groups -OCH3 is 1. The lowest BCUT2D eigenvalue weighted by Gasteiger charge is -2.40. The third kappa shape index (κ3) is 9.38. The molecule has 1 aromatic heterocycles. The van der Waals surface area contributed by atoms with E-state index < -0.39 is 0 Å². The number of esters is 1. The smallest absolute Gasteiger partial charge is 0.305 e. The second kappa shape index (κ2) is 16.2. The number of nitrogens with zero attached hydrogens (tertiary/aromatic N) is 6. The number of carbonyl (C=O) groups is 2. The standard InChI is InChI=1S/C34H52N6O4/c1-25-23-39(30-12-10-29(11-13-30)38(4)5)20-18-27(25)24-40(34-35-19-17-28(36-34)9-16-32(41)43-6)33(42)26-7-14-31(15-8-26)44-22-21-37(2)3/h10-13,17,19,25-27,31H,7-9,14-16,18,20-24H2,1-6H3. The van der Waals surface area contributed by atoms with Gasteiger partial charge in [0, 0.05) is 75.9 Å². The summed E-state index contributed by atoms with van der Waals surface area (Å²) in [6.45, 7) is 6.36. The number of benzene rings is 1. The highest BCUT2D eigenvalue weighted by molar-refractivity contribution is 5.93. The van der Waals surface area contributed by atoms with Gasteiger partial charge in [-0.1, -0.05) is 6.92 Å². The van der Waals surface area contributed by atoms with Gasteiger partial charge in [0.2, 0.25) is 11.9 Å². The van der Waals surface area contributed by atoms with Crippen LogP contribution in [0.2, 0.25) is 0 Å². The molecule has 10 nitrogen and oxygen atoms in total. The topological polar surface area (TPSA) is 91.3 Å². The molecule has 0 bridgehead atoms. The molecule has 1 aliphatic carbocycles. The number of piperidine rings is 1. The summed E-state index contributed by atoms with van der Waals surface area (Å²) in [5.74, 6) is 0.905. The number of carbonyl (C=O) groups excluding carboxylic acids is 2. The van der Waals surface area contributed by atoms with Crippen LogP contribution in [0.15, 0.2) is 36.5 Å². The Kier molecular flexibility index (Phi) is 12.4. The van der Waals surface area contributed by atoms with E-state index in [-0.39, 0.29) is 30.3 Å². The third-order valence-electron chi connectivity index (χ3n) is 9.17. The maximum absolute atomic E-state index is 14.2. The summed E-state index contributed by atoms with van der Waals surface area (Å²) in [5, 5.41) is 0. The third-order valence-corrected chi connectivity index (χ3v) is 9.17. The van der Waals surface area contributed by atoms with Crippen molar-refractivity contribution in [3.63, 3.8) is 0 Å². The molecule has 1 saturated carbocycles. The van der Waals surface area contributed by atoms with Crippen LogP contribution in [0.4, 0.5) is 17.3 Å². The molecule has 2 atom stereocenters. The van der Waals surface area contributed by atoms with E-state index >= 15 is 0 Å². The van der Waals surface area contributed by atoms with Crippen molar-refractivity contribution >= 4 is 29.2 Å². The minimum absolute atomic E-state index is 0.0726. The Bertz CT molecular complexity index is 1200. The molecule has 10 heteroatoms. The number of rotatable bonds is 13. The van der Waals surface area contributed by atoms with Crippen LogP contribution >= 0.6 is 0 Å². The molecule has 2 fully saturated rings. The van der Waals surface area contributed by atoms with Gasteiger partial charge in [0.15, 0.2) is 0 Å². The SMILES string of the molecule is COC(=O)CCc1ccnc(N(CC2CCN(c3ccc(N(C)C)cc3)CC2C)C(=O)C2CCC(OCCN(C)C)CC2)n1. The van der Waals surface area contributed by atoms with Crippen molar-refractivity contribution < 1.29 is 19.1 Å². The van der Waals surface area contributed by atoms with E-state index in [1.54, 1.807) is 6.20 Å². The molecule has 2 aromatic rings. The average Bonchev–Trinajstić information content (AvgIpc) is 3.03. The lowest BCUT2D eigenvalue weighted by atomic mass is 9.84. The molecule has 4 rings (SSSR count). The van der Waals surface area contributed by atoms with E-state index in [2.05, 4.69) is 65.0 Å². The highest BCUT2D eigenvalue weighted by atomic mass is 16.5. The summed E-state index contributed by atoms with van der Waals surface area (Å²) in [6, 6.07) is 10.5. The number of aryl methyl sites for hydroxylation is 1. The number of hydrogen-bond acceptors (Lipinski definition) is 9. The second-order valence-corrected chi connectivity index (χ2v) is 12.9. The minimum atomic E-state index is -0.278. The lowest BCUT2D eigenvalue weighted by molar-refractivity contribution is -0.140. The fraction of sp³-hybridized carbons (Fsp3) is 0.647. The van der Waals surface area contributed by atoms with Crippen LogP contribution < -0.4 is 14.7 Å². The first kappa shape index (κ1) is 33.6. The molecule has 1 aromatic carbocycles. The molecule has 0 spiro atoms. The van der Waals surface area contributed by atoms with Crippen molar-refractivity contribution in [1.82, 2.24) is 14.9 Å². The van der Waals surface area contributed by atoms with E-state index in [1.165, 1.54) is 18.5 Å². The fourth-order valence-corrected chi connectivity index (χ4v) is 6.25. The number of anilines is 3. The Balaban J connectivity index is 1.45. The van der Waals surface area contributed by atoms with Gasteiger partial charge in [-0.05, 0) is 88.4 Å². The minimum Gasteiger partial charge on any atom is -0.469 e. The van der Waals surface area contributed by atoms with Gasteiger partial charge >= 0.3 is 5.97 Å². The van der Waals surface area contributed by atoms with Gasteiger partial charge in [-0.3, -0.25) is 14.5 Å². The Morgan fingerprint density at radius 3 is 2.36 bits per heavy atom. The highest BCUT2D eigenvalue weighted by Gasteiger charge is 2.35. The number of ether oxygens (including phenoxy) is 2. The molecule has 2 heterocycles. The molecule has 44 heavy (non-hydrogen) atoms. The van der Waals surface area contributed by atoms with Crippen molar-refractivity contribution in [2.45, 2.75) is 58.0 Å². The highest BCUT2D eigenvalue weighted by Crippen LogP contribution is 2.33. The molecular weight excluding hydrogens is 556 g/mol. The molecule has 1 amide bonds. The number of amides is 1. The summed E-state index contributed by atoms with van der Waals surface area (Å²) in [5.41, 5.74) is 3.16. The van der Waals surface area contributed by atoms with Crippen molar-refractivity contribution in [2.24, 2.45) is 17.8 Å². The van der Waals surface area contributed by atoms with E-state index in [4.69, 9.17) is 14.5 Å². The first-order valence-electron chi connectivity index (χ1n) is 16.1. The predicted molar refractivity (Wildman–Crippen MR) is 175 cm³/mol. The van der Waals surface area contributed by atoms with Crippen LogP contribution in [0.1, 0.15) is 51.1 Å². The number of likely N-dealkylation sites (N-methyl/N-ethyl adjacent to an activating group) is 1. The van der Waals surface area contributed by atoms with Gasteiger partial charge in [-0.2, -0.15) is 0 Å². The molecular formula is C34H52N6O4. The Hall–Kier alpha value is -3.24.